The van der Waals surface area contributed by atoms with Gasteiger partial charge in [-0.1, -0.05) is 53.5 Å². The molecule has 4 aromatic rings. The number of nitrogens with zero attached hydrogens (tertiary/aromatic N) is 2. The zero-order valence-corrected chi connectivity index (χ0v) is 19.3. The van der Waals surface area contributed by atoms with Gasteiger partial charge in [0.05, 0.1) is 13.7 Å². The fraction of sp³-hybridized carbons (Fsp3) is 0.120. The lowest BCUT2D eigenvalue weighted by atomic mass is 10.1. The molecule has 168 valence electrons. The minimum Gasteiger partial charge on any atom is -0.493 e. The molecular weight excluding hydrogens is 461 g/mol. The van der Waals surface area contributed by atoms with Gasteiger partial charge in [-0.25, -0.2) is 0 Å². The Morgan fingerprint density at radius 3 is 2.45 bits per heavy atom. The van der Waals surface area contributed by atoms with Crippen LogP contribution in [0.1, 0.15) is 21.5 Å². The highest BCUT2D eigenvalue weighted by Gasteiger charge is 2.11. The number of hydrogen-bond donors (Lipinski definition) is 1. The number of hydrogen-bond acceptors (Lipinski definition) is 4. The number of anilines is 1. The highest BCUT2D eigenvalue weighted by atomic mass is 35.5. The van der Waals surface area contributed by atoms with E-state index in [0.29, 0.717) is 46.1 Å². The summed E-state index contributed by atoms with van der Waals surface area (Å²) in [4.78, 5) is 12.8. The van der Waals surface area contributed by atoms with E-state index >= 15 is 0 Å². The Morgan fingerprint density at radius 2 is 1.70 bits per heavy atom. The average Bonchev–Trinajstić information content (AvgIpc) is 3.27. The number of carbonyl (C=O) groups is 1. The van der Waals surface area contributed by atoms with Crippen LogP contribution < -0.4 is 14.8 Å². The van der Waals surface area contributed by atoms with Crippen molar-refractivity contribution in [3.8, 4) is 11.5 Å². The quantitative estimate of drug-likeness (QED) is 0.331. The van der Waals surface area contributed by atoms with Crippen molar-refractivity contribution in [3.63, 3.8) is 0 Å². The summed E-state index contributed by atoms with van der Waals surface area (Å²) in [7, 11) is 1.59. The average molecular weight is 482 g/mol. The third kappa shape index (κ3) is 5.66. The molecule has 0 aliphatic rings. The summed E-state index contributed by atoms with van der Waals surface area (Å²) >= 11 is 12.5. The van der Waals surface area contributed by atoms with Gasteiger partial charge in [0.25, 0.3) is 5.91 Å². The number of aromatic nitrogens is 2. The van der Waals surface area contributed by atoms with Gasteiger partial charge < -0.3 is 14.8 Å². The van der Waals surface area contributed by atoms with E-state index in [1.807, 2.05) is 36.4 Å². The van der Waals surface area contributed by atoms with Crippen molar-refractivity contribution >= 4 is 34.9 Å². The fourth-order valence-electron chi connectivity index (χ4n) is 3.25. The fourth-order valence-corrected chi connectivity index (χ4v) is 3.77. The Kier molecular flexibility index (Phi) is 7.17. The summed E-state index contributed by atoms with van der Waals surface area (Å²) in [6, 6.07) is 21.7. The number of carbonyl (C=O) groups excluding carboxylic acids is 1. The van der Waals surface area contributed by atoms with E-state index in [2.05, 4.69) is 10.4 Å². The van der Waals surface area contributed by atoms with Gasteiger partial charge in [0.15, 0.2) is 17.3 Å². The normalized spacial score (nSPS) is 10.6. The molecule has 0 spiro atoms. The molecule has 1 amide bonds. The first-order valence-corrected chi connectivity index (χ1v) is 10.9. The second-order valence-corrected chi connectivity index (χ2v) is 8.01. The van der Waals surface area contributed by atoms with E-state index in [9.17, 15) is 4.79 Å². The SMILES string of the molecule is COc1ccccc1OCc1cccc(C(=O)Nc2ccn(Cc3c(Cl)cccc3Cl)n2)c1. The smallest absolute Gasteiger partial charge is 0.256 e. The van der Waals surface area contributed by atoms with Crippen LogP contribution in [0, 0.1) is 0 Å². The third-order valence-electron chi connectivity index (χ3n) is 4.92. The maximum absolute atomic E-state index is 12.8. The first-order chi connectivity index (χ1) is 16.0. The minimum atomic E-state index is -0.268. The molecule has 6 nitrogen and oxygen atoms in total. The number of ether oxygens (including phenoxy) is 2. The standard InChI is InChI=1S/C25H21Cl2N3O3/c1-32-22-10-2-3-11-23(22)33-16-17-6-4-7-18(14-17)25(31)28-24-12-13-30(29-24)15-19-20(26)8-5-9-21(19)27/h2-14H,15-16H2,1H3,(H,28,29,31). The van der Waals surface area contributed by atoms with Crippen LogP contribution in [-0.4, -0.2) is 22.8 Å². The molecule has 0 bridgehead atoms. The molecule has 8 heteroatoms. The van der Waals surface area contributed by atoms with E-state index in [-0.39, 0.29) is 5.91 Å². The summed E-state index contributed by atoms with van der Waals surface area (Å²) in [6.45, 7) is 0.693. The van der Waals surface area contributed by atoms with Gasteiger partial charge in [-0.15, -0.1) is 0 Å². The predicted octanol–water partition coefficient (Wildman–Crippen LogP) is 6.08. The van der Waals surface area contributed by atoms with Crippen molar-refractivity contribution in [3.05, 3.63) is 106 Å². The molecule has 1 aromatic heterocycles. The lowest BCUT2D eigenvalue weighted by Crippen LogP contribution is -2.13. The summed E-state index contributed by atoms with van der Waals surface area (Å²) in [5.74, 6) is 1.45. The van der Waals surface area contributed by atoms with Crippen molar-refractivity contribution < 1.29 is 14.3 Å². The van der Waals surface area contributed by atoms with Gasteiger partial charge >= 0.3 is 0 Å². The van der Waals surface area contributed by atoms with E-state index in [1.54, 1.807) is 54.4 Å². The zero-order chi connectivity index (χ0) is 23.2. The Balaban J connectivity index is 1.40. The lowest BCUT2D eigenvalue weighted by Gasteiger charge is -2.11. The van der Waals surface area contributed by atoms with Crippen LogP contribution in [0.2, 0.25) is 10.0 Å². The molecule has 4 rings (SSSR count). The number of halogens is 2. The van der Waals surface area contributed by atoms with Crippen molar-refractivity contribution in [2.24, 2.45) is 0 Å². The molecule has 0 radical (unpaired) electrons. The Bertz CT molecular complexity index is 1250. The number of benzene rings is 3. The lowest BCUT2D eigenvalue weighted by molar-refractivity contribution is 0.102. The number of nitrogens with one attached hydrogen (secondary N) is 1. The third-order valence-corrected chi connectivity index (χ3v) is 5.62. The van der Waals surface area contributed by atoms with Gasteiger partial charge in [-0.2, -0.15) is 5.10 Å². The molecule has 1 heterocycles. The molecular formula is C25H21Cl2N3O3. The number of amides is 1. The Labute approximate surface area is 201 Å². The van der Waals surface area contributed by atoms with Gasteiger partial charge in [0, 0.05) is 33.4 Å². The molecule has 33 heavy (non-hydrogen) atoms. The molecule has 0 atom stereocenters. The number of para-hydroxylation sites is 2. The summed E-state index contributed by atoms with van der Waals surface area (Å²) in [6.07, 6.45) is 1.76. The second-order valence-electron chi connectivity index (χ2n) is 7.19. The van der Waals surface area contributed by atoms with E-state index in [0.717, 1.165) is 11.1 Å². The van der Waals surface area contributed by atoms with Crippen LogP contribution in [0.3, 0.4) is 0 Å². The van der Waals surface area contributed by atoms with Crippen molar-refractivity contribution in [2.45, 2.75) is 13.2 Å². The Hall–Kier alpha value is -3.48. The molecule has 0 saturated carbocycles. The summed E-state index contributed by atoms with van der Waals surface area (Å²) in [5.41, 5.74) is 2.12. The first kappa shape index (κ1) is 22.7. The van der Waals surface area contributed by atoms with E-state index < -0.39 is 0 Å². The van der Waals surface area contributed by atoms with Crippen LogP contribution in [-0.2, 0) is 13.2 Å². The van der Waals surface area contributed by atoms with E-state index in [1.165, 1.54) is 0 Å². The second kappa shape index (κ2) is 10.4. The molecule has 0 aliphatic heterocycles. The summed E-state index contributed by atoms with van der Waals surface area (Å²) in [5, 5.41) is 8.35. The molecule has 0 aliphatic carbocycles. The number of rotatable bonds is 8. The Morgan fingerprint density at radius 1 is 0.970 bits per heavy atom. The van der Waals surface area contributed by atoms with Crippen LogP contribution in [0.5, 0.6) is 11.5 Å². The van der Waals surface area contributed by atoms with Gasteiger partial charge in [0.2, 0.25) is 0 Å². The van der Waals surface area contributed by atoms with Crippen molar-refractivity contribution in [1.29, 1.82) is 0 Å². The van der Waals surface area contributed by atoms with Crippen molar-refractivity contribution in [1.82, 2.24) is 9.78 Å². The molecule has 0 unspecified atom stereocenters. The molecule has 3 aromatic carbocycles. The molecule has 1 N–H and O–H groups in total. The number of methoxy groups -OCH3 is 1. The molecule has 0 saturated heterocycles. The highest BCUT2D eigenvalue weighted by Crippen LogP contribution is 2.27. The zero-order valence-electron chi connectivity index (χ0n) is 17.8. The van der Waals surface area contributed by atoms with Gasteiger partial charge in [0.1, 0.15) is 6.61 Å². The van der Waals surface area contributed by atoms with Crippen LogP contribution in [0.25, 0.3) is 0 Å². The highest BCUT2D eigenvalue weighted by molar-refractivity contribution is 6.35. The minimum absolute atomic E-state index is 0.268. The van der Waals surface area contributed by atoms with E-state index in [4.69, 9.17) is 32.7 Å². The maximum atomic E-state index is 12.8. The summed E-state index contributed by atoms with van der Waals surface area (Å²) < 4.78 is 12.8. The van der Waals surface area contributed by atoms with Gasteiger partial charge in [-0.05, 0) is 42.0 Å². The largest absolute Gasteiger partial charge is 0.493 e. The van der Waals surface area contributed by atoms with Crippen LogP contribution >= 0.6 is 23.2 Å². The molecule has 0 fully saturated rings. The predicted molar refractivity (Wildman–Crippen MR) is 130 cm³/mol. The van der Waals surface area contributed by atoms with Crippen molar-refractivity contribution in [2.75, 3.05) is 12.4 Å². The van der Waals surface area contributed by atoms with Crippen LogP contribution in [0.15, 0.2) is 79.0 Å². The maximum Gasteiger partial charge on any atom is 0.256 e. The first-order valence-electron chi connectivity index (χ1n) is 10.2. The van der Waals surface area contributed by atoms with Crippen LogP contribution in [0.4, 0.5) is 5.82 Å². The monoisotopic (exact) mass is 481 g/mol. The van der Waals surface area contributed by atoms with Gasteiger partial charge in [-0.3, -0.25) is 9.48 Å². The topological polar surface area (TPSA) is 65.4 Å².